The SMILES string of the molecule is [C-]#[N+]c1ccc(-c2ccccc2-c2cccc(-n3c4ccccc4c4ccccc43)c2)c(-n2c3ccc(C#N)cc3c3ccc([N+]#[C-])cc32)c1. The summed E-state index contributed by atoms with van der Waals surface area (Å²) in [5, 5.41) is 14.0. The lowest BCUT2D eigenvalue weighted by Gasteiger charge is -2.18. The number of rotatable bonds is 4. The Morgan fingerprint density at radius 1 is 0.460 bits per heavy atom. The lowest BCUT2D eigenvalue weighted by atomic mass is 9.93. The van der Waals surface area contributed by atoms with Gasteiger partial charge in [-0.05, 0) is 71.3 Å². The first-order chi connectivity index (χ1) is 24.7. The minimum atomic E-state index is 0.513. The van der Waals surface area contributed by atoms with Crippen molar-refractivity contribution in [2.24, 2.45) is 0 Å². The summed E-state index contributed by atoms with van der Waals surface area (Å²) in [6.45, 7) is 15.7. The molecule has 50 heavy (non-hydrogen) atoms. The van der Waals surface area contributed by atoms with Crippen LogP contribution in [0, 0.1) is 24.5 Å². The third kappa shape index (κ3) is 4.38. The minimum absolute atomic E-state index is 0.513. The number of fused-ring (bicyclic) bond motifs is 6. The molecule has 0 aliphatic rings. The first kappa shape index (κ1) is 28.8. The van der Waals surface area contributed by atoms with Gasteiger partial charge >= 0.3 is 0 Å². The highest BCUT2D eigenvalue weighted by Crippen LogP contribution is 2.42. The van der Waals surface area contributed by atoms with E-state index in [-0.39, 0.29) is 0 Å². The van der Waals surface area contributed by atoms with E-state index in [2.05, 4.69) is 116 Å². The summed E-state index contributed by atoms with van der Waals surface area (Å²) in [5.74, 6) is 0. The lowest BCUT2D eigenvalue weighted by Crippen LogP contribution is -1.99. The highest BCUT2D eigenvalue weighted by molar-refractivity contribution is 6.12. The van der Waals surface area contributed by atoms with Crippen LogP contribution < -0.4 is 0 Å². The Labute approximate surface area is 288 Å². The maximum absolute atomic E-state index is 9.73. The molecule has 0 unspecified atom stereocenters. The average Bonchev–Trinajstić information content (AvgIpc) is 3.69. The first-order valence-electron chi connectivity index (χ1n) is 16.2. The van der Waals surface area contributed by atoms with Crippen molar-refractivity contribution in [2.45, 2.75) is 0 Å². The van der Waals surface area contributed by atoms with Gasteiger partial charge in [0.25, 0.3) is 0 Å². The quantitative estimate of drug-likeness (QED) is 0.177. The summed E-state index contributed by atoms with van der Waals surface area (Å²) in [4.78, 5) is 7.54. The molecule has 0 aliphatic carbocycles. The van der Waals surface area contributed by atoms with Crippen LogP contribution in [0.1, 0.15) is 5.56 Å². The van der Waals surface area contributed by atoms with Gasteiger partial charge in [0.2, 0.25) is 0 Å². The molecule has 0 N–H and O–H groups in total. The second-order valence-electron chi connectivity index (χ2n) is 12.3. The third-order valence-electron chi connectivity index (χ3n) is 9.57. The Morgan fingerprint density at radius 2 is 1.10 bits per heavy atom. The highest BCUT2D eigenvalue weighted by Gasteiger charge is 2.20. The number of aromatic nitrogens is 2. The zero-order valence-electron chi connectivity index (χ0n) is 26.7. The Hall–Kier alpha value is -7.39. The van der Waals surface area contributed by atoms with E-state index in [0.717, 1.165) is 66.5 Å². The standard InChI is InChI=1S/C45H25N5/c1-47-31-19-21-38(44(26-31)50-43-23-18-29(28-46)24-40(43)39-22-20-32(48-2)27-45(39)50)35-13-4-3-12-34(35)30-10-9-11-33(25-30)49-41-16-7-5-14-36(41)37-15-6-8-17-42(37)49/h3-27H. The molecule has 5 nitrogen and oxygen atoms in total. The summed E-state index contributed by atoms with van der Waals surface area (Å²) in [6.07, 6.45) is 0. The van der Waals surface area contributed by atoms with Crippen molar-refractivity contribution in [1.29, 1.82) is 5.26 Å². The summed E-state index contributed by atoms with van der Waals surface area (Å²) in [5.41, 5.74) is 11.6. The van der Waals surface area contributed by atoms with Crippen molar-refractivity contribution < 1.29 is 0 Å². The van der Waals surface area contributed by atoms with Gasteiger partial charge in [0.1, 0.15) is 0 Å². The van der Waals surface area contributed by atoms with Gasteiger partial charge in [0.15, 0.2) is 11.4 Å². The zero-order valence-corrected chi connectivity index (χ0v) is 26.7. The van der Waals surface area contributed by atoms with E-state index in [1.807, 2.05) is 60.7 Å². The van der Waals surface area contributed by atoms with Gasteiger partial charge in [0, 0.05) is 44.0 Å². The van der Waals surface area contributed by atoms with Crippen LogP contribution in [0.15, 0.2) is 152 Å². The number of nitriles is 1. The lowest BCUT2D eigenvalue weighted by molar-refractivity contribution is 1.18. The Kier molecular flexibility index (Phi) is 6.56. The van der Waals surface area contributed by atoms with Gasteiger partial charge in [-0.2, -0.15) is 5.26 Å². The van der Waals surface area contributed by atoms with E-state index in [0.29, 0.717) is 16.9 Å². The van der Waals surface area contributed by atoms with Gasteiger partial charge in [-0.3, -0.25) is 0 Å². The molecule has 2 heterocycles. The number of para-hydroxylation sites is 2. The molecule has 2 aromatic heterocycles. The van der Waals surface area contributed by atoms with Gasteiger partial charge in [-0.1, -0.05) is 97.1 Å². The van der Waals surface area contributed by atoms with Crippen LogP contribution in [-0.4, -0.2) is 9.13 Å². The van der Waals surface area contributed by atoms with Crippen LogP contribution in [0.25, 0.3) is 86.9 Å². The summed E-state index contributed by atoms with van der Waals surface area (Å²) < 4.78 is 4.46. The molecule has 0 saturated heterocycles. The Morgan fingerprint density at radius 3 is 1.84 bits per heavy atom. The molecule has 230 valence electrons. The van der Waals surface area contributed by atoms with Crippen molar-refractivity contribution in [1.82, 2.24) is 9.13 Å². The van der Waals surface area contributed by atoms with Gasteiger partial charge in [0.05, 0.1) is 41.3 Å². The number of benzene rings is 7. The average molecular weight is 636 g/mol. The van der Waals surface area contributed by atoms with Gasteiger partial charge in [-0.25, -0.2) is 9.69 Å². The third-order valence-corrected chi connectivity index (χ3v) is 9.57. The first-order valence-corrected chi connectivity index (χ1v) is 16.2. The molecule has 9 aromatic rings. The van der Waals surface area contributed by atoms with Crippen LogP contribution in [0.5, 0.6) is 0 Å². The number of nitrogens with zero attached hydrogens (tertiary/aromatic N) is 5. The van der Waals surface area contributed by atoms with Crippen LogP contribution >= 0.6 is 0 Å². The van der Waals surface area contributed by atoms with Crippen LogP contribution in [-0.2, 0) is 0 Å². The maximum Gasteiger partial charge on any atom is 0.189 e. The number of hydrogen-bond donors (Lipinski definition) is 0. The topological polar surface area (TPSA) is 42.4 Å². The van der Waals surface area contributed by atoms with Crippen LogP contribution in [0.3, 0.4) is 0 Å². The van der Waals surface area contributed by atoms with Crippen molar-refractivity contribution in [3.8, 4) is 39.7 Å². The van der Waals surface area contributed by atoms with E-state index < -0.39 is 0 Å². The molecular weight excluding hydrogens is 611 g/mol. The monoisotopic (exact) mass is 635 g/mol. The minimum Gasteiger partial charge on any atom is -0.311 e. The van der Waals surface area contributed by atoms with Crippen molar-refractivity contribution in [3.63, 3.8) is 0 Å². The maximum atomic E-state index is 9.73. The molecule has 0 aliphatic heterocycles. The molecule has 0 fully saturated rings. The molecule has 0 amide bonds. The Balaban J connectivity index is 1.30. The van der Waals surface area contributed by atoms with E-state index in [4.69, 9.17) is 13.1 Å². The van der Waals surface area contributed by atoms with Gasteiger partial charge < -0.3 is 9.13 Å². The normalized spacial score (nSPS) is 11.1. The highest BCUT2D eigenvalue weighted by atomic mass is 15.0. The molecule has 5 heteroatoms. The fraction of sp³-hybridized carbons (Fsp3) is 0. The molecule has 0 saturated carbocycles. The summed E-state index contributed by atoms with van der Waals surface area (Å²) in [6, 6.07) is 53.5. The molecule has 7 aromatic carbocycles. The van der Waals surface area contributed by atoms with Crippen molar-refractivity contribution in [2.75, 3.05) is 0 Å². The second kappa shape index (κ2) is 11.4. The van der Waals surface area contributed by atoms with E-state index in [1.165, 1.54) is 10.8 Å². The second-order valence-corrected chi connectivity index (χ2v) is 12.3. The Bertz CT molecular complexity index is 2920. The summed E-state index contributed by atoms with van der Waals surface area (Å²) >= 11 is 0. The zero-order chi connectivity index (χ0) is 33.8. The smallest absolute Gasteiger partial charge is 0.189 e. The van der Waals surface area contributed by atoms with Crippen molar-refractivity contribution in [3.05, 3.63) is 180 Å². The largest absolute Gasteiger partial charge is 0.311 e. The fourth-order valence-electron chi connectivity index (χ4n) is 7.39. The van der Waals surface area contributed by atoms with Gasteiger partial charge in [-0.15, -0.1) is 0 Å². The van der Waals surface area contributed by atoms with Crippen LogP contribution in [0.4, 0.5) is 11.4 Å². The number of hydrogen-bond acceptors (Lipinski definition) is 1. The predicted octanol–water partition coefficient (Wildman–Crippen LogP) is 12.2. The van der Waals surface area contributed by atoms with E-state index in [9.17, 15) is 5.26 Å². The van der Waals surface area contributed by atoms with E-state index in [1.54, 1.807) is 0 Å². The van der Waals surface area contributed by atoms with E-state index >= 15 is 0 Å². The molecule has 0 bridgehead atoms. The summed E-state index contributed by atoms with van der Waals surface area (Å²) in [7, 11) is 0. The van der Waals surface area contributed by atoms with Crippen LogP contribution in [0.2, 0.25) is 0 Å². The molecule has 9 rings (SSSR count). The molecule has 0 atom stereocenters. The molecular formula is C45H25N5. The fourth-order valence-corrected chi connectivity index (χ4v) is 7.39. The molecule has 0 spiro atoms. The predicted molar refractivity (Wildman–Crippen MR) is 203 cm³/mol. The molecule has 0 radical (unpaired) electrons. The van der Waals surface area contributed by atoms with Crippen molar-refractivity contribution >= 4 is 55.0 Å².